The molecule has 8 N–H and O–H groups in total. The molecule has 0 radical (unpaired) electrons. The fraction of sp³-hybridized carbons (Fsp3) is 1.00. The van der Waals surface area contributed by atoms with E-state index in [2.05, 4.69) is 0 Å². The van der Waals surface area contributed by atoms with E-state index in [9.17, 15) is 30.6 Å². The highest BCUT2D eigenvalue weighted by molar-refractivity contribution is 4.90. The van der Waals surface area contributed by atoms with Crippen LogP contribution in [0.15, 0.2) is 0 Å². The van der Waals surface area contributed by atoms with E-state index < -0.39 is 80.7 Å². The summed E-state index contributed by atoms with van der Waals surface area (Å²) in [6, 6.07) is 0. The predicted molar refractivity (Wildman–Crippen MR) is 84.0 cm³/mol. The van der Waals surface area contributed by atoms with Crippen LogP contribution in [0, 0.1) is 0 Å². The lowest BCUT2D eigenvalue weighted by atomic mass is 9.99. The molecule has 12 heteroatoms. The van der Waals surface area contributed by atoms with Gasteiger partial charge in [0, 0.05) is 0 Å². The summed E-state index contributed by atoms with van der Waals surface area (Å²) in [6.45, 7) is 0.117. The summed E-state index contributed by atoms with van der Waals surface area (Å²) < 4.78 is 21.1. The average Bonchev–Trinajstić information content (AvgIpc) is 2.66. The van der Waals surface area contributed by atoms with E-state index in [1.165, 1.54) is 6.92 Å². The summed E-state index contributed by atoms with van der Waals surface area (Å²) in [5.74, 6) is 0. The van der Waals surface area contributed by atoms with Crippen molar-refractivity contribution < 1.29 is 59.8 Å². The van der Waals surface area contributed by atoms with Gasteiger partial charge >= 0.3 is 0 Å². The third-order valence-electron chi connectivity index (χ3n) is 4.56. The van der Waals surface area contributed by atoms with Crippen molar-refractivity contribution in [2.45, 2.75) is 74.4 Å². The van der Waals surface area contributed by atoms with Gasteiger partial charge in [-0.1, -0.05) is 0 Å². The molecule has 2 rings (SSSR count). The van der Waals surface area contributed by atoms with E-state index in [4.69, 9.17) is 29.2 Å². The molecule has 0 amide bonds. The Morgan fingerprint density at radius 3 is 1.63 bits per heavy atom. The van der Waals surface area contributed by atoms with Gasteiger partial charge in [0.1, 0.15) is 48.8 Å². The van der Waals surface area contributed by atoms with Crippen LogP contribution in [0.25, 0.3) is 0 Å². The minimum Gasteiger partial charge on any atom is -0.394 e. The summed E-state index contributed by atoms with van der Waals surface area (Å²) in [6.07, 6.45) is -15.0. The fourth-order valence-corrected chi connectivity index (χ4v) is 2.88. The lowest BCUT2D eigenvalue weighted by Gasteiger charge is -2.41. The first kappa shape index (κ1) is 22.8. The molecular formula is C15H28O12. The molecule has 160 valence electrons. The maximum absolute atomic E-state index is 9.92. The Labute approximate surface area is 155 Å². The van der Waals surface area contributed by atoms with Crippen molar-refractivity contribution in [3.8, 4) is 0 Å². The average molecular weight is 400 g/mol. The van der Waals surface area contributed by atoms with Crippen LogP contribution in [-0.4, -0.2) is 128 Å². The maximum atomic E-state index is 9.92. The maximum Gasteiger partial charge on any atom is 0.187 e. The zero-order valence-corrected chi connectivity index (χ0v) is 14.7. The van der Waals surface area contributed by atoms with Crippen molar-refractivity contribution in [3.63, 3.8) is 0 Å². The summed E-state index contributed by atoms with van der Waals surface area (Å²) in [5.41, 5.74) is 0. The van der Waals surface area contributed by atoms with E-state index in [0.29, 0.717) is 0 Å². The Kier molecular flexibility index (Phi) is 8.30. The van der Waals surface area contributed by atoms with Gasteiger partial charge in [-0.15, -0.1) is 0 Å². The third kappa shape index (κ3) is 5.12. The number of hydrogen-bond acceptors (Lipinski definition) is 12. The van der Waals surface area contributed by atoms with Crippen molar-refractivity contribution in [2.75, 3.05) is 19.8 Å². The molecule has 11 atom stereocenters. The highest BCUT2D eigenvalue weighted by Gasteiger charge is 2.46. The van der Waals surface area contributed by atoms with Gasteiger partial charge in [-0.2, -0.15) is 0 Å². The Balaban J connectivity index is 1.87. The van der Waals surface area contributed by atoms with Gasteiger partial charge in [0.2, 0.25) is 0 Å². The molecule has 0 aromatic heterocycles. The lowest BCUT2D eigenvalue weighted by Crippen LogP contribution is -2.60. The molecule has 0 spiro atoms. The molecule has 0 aromatic carbocycles. The molecule has 0 aromatic rings. The monoisotopic (exact) mass is 400 g/mol. The number of ether oxygens (including phenoxy) is 4. The van der Waals surface area contributed by atoms with Crippen molar-refractivity contribution in [3.05, 3.63) is 0 Å². The summed E-state index contributed by atoms with van der Waals surface area (Å²) >= 11 is 0. The van der Waals surface area contributed by atoms with E-state index in [1.807, 2.05) is 0 Å². The minimum absolute atomic E-state index is 0.211. The highest BCUT2D eigenvalue weighted by atomic mass is 16.7. The van der Waals surface area contributed by atoms with Crippen molar-refractivity contribution >= 4 is 0 Å². The standard InChI is InChI=1S/C15H28O12/c1-5(25-15-13(23)11(21)9(19)7(3-17)27-15)4-24-14-12(22)10(20)8(18)6(2-16)26-14/h5-23H,2-4H2,1H3/t5?,6-,7-,8-,9-,10+,11+,12-,13-,14?,15?/m1/s1. The summed E-state index contributed by atoms with van der Waals surface area (Å²) in [4.78, 5) is 0. The molecule has 2 aliphatic rings. The molecule has 0 aliphatic carbocycles. The van der Waals surface area contributed by atoms with Crippen LogP contribution in [0.5, 0.6) is 0 Å². The lowest BCUT2D eigenvalue weighted by molar-refractivity contribution is -0.326. The smallest absolute Gasteiger partial charge is 0.187 e. The molecule has 27 heavy (non-hydrogen) atoms. The van der Waals surface area contributed by atoms with Crippen LogP contribution in [0.3, 0.4) is 0 Å². The molecule has 2 heterocycles. The fourth-order valence-electron chi connectivity index (χ4n) is 2.88. The van der Waals surface area contributed by atoms with Crippen LogP contribution in [0.4, 0.5) is 0 Å². The second-order valence-corrected chi connectivity index (χ2v) is 6.67. The normalized spacial score (nSPS) is 47.0. The van der Waals surface area contributed by atoms with Crippen molar-refractivity contribution in [1.29, 1.82) is 0 Å². The van der Waals surface area contributed by atoms with Crippen LogP contribution in [-0.2, 0) is 18.9 Å². The zero-order chi connectivity index (χ0) is 20.3. The molecule has 2 saturated heterocycles. The van der Waals surface area contributed by atoms with Gasteiger partial charge in [0.25, 0.3) is 0 Å². The quantitative estimate of drug-likeness (QED) is 0.203. The molecule has 12 nitrogen and oxygen atoms in total. The highest BCUT2D eigenvalue weighted by Crippen LogP contribution is 2.24. The summed E-state index contributed by atoms with van der Waals surface area (Å²) in [5, 5.41) is 77.0. The summed E-state index contributed by atoms with van der Waals surface area (Å²) in [7, 11) is 0. The number of hydrogen-bond donors (Lipinski definition) is 8. The molecule has 2 aliphatic heterocycles. The largest absolute Gasteiger partial charge is 0.394 e. The Morgan fingerprint density at radius 2 is 1.15 bits per heavy atom. The first-order valence-corrected chi connectivity index (χ1v) is 8.59. The zero-order valence-electron chi connectivity index (χ0n) is 14.7. The second-order valence-electron chi connectivity index (χ2n) is 6.67. The van der Waals surface area contributed by atoms with E-state index >= 15 is 0 Å². The van der Waals surface area contributed by atoms with Gasteiger partial charge in [-0.3, -0.25) is 0 Å². The van der Waals surface area contributed by atoms with Crippen molar-refractivity contribution in [2.24, 2.45) is 0 Å². The number of aliphatic hydroxyl groups excluding tert-OH is 8. The third-order valence-corrected chi connectivity index (χ3v) is 4.56. The molecule has 2 fully saturated rings. The topological polar surface area (TPSA) is 199 Å². The van der Waals surface area contributed by atoms with Crippen LogP contribution in [0.2, 0.25) is 0 Å². The Morgan fingerprint density at radius 1 is 0.704 bits per heavy atom. The molecular weight excluding hydrogens is 372 g/mol. The van der Waals surface area contributed by atoms with Gasteiger partial charge in [0.15, 0.2) is 12.6 Å². The van der Waals surface area contributed by atoms with Gasteiger partial charge < -0.3 is 59.8 Å². The van der Waals surface area contributed by atoms with E-state index in [-0.39, 0.29) is 6.61 Å². The molecule has 0 saturated carbocycles. The van der Waals surface area contributed by atoms with Crippen molar-refractivity contribution in [1.82, 2.24) is 0 Å². The molecule has 0 bridgehead atoms. The molecule has 3 unspecified atom stereocenters. The SMILES string of the molecule is CC(COC1O[C@H](CO)[C@@H](O)[C@H](O)[C@H]1O)OC1O[C@H](CO)[C@@H](O)[C@H](O)[C@H]1O. The first-order chi connectivity index (χ1) is 12.7. The van der Waals surface area contributed by atoms with E-state index in [0.717, 1.165) is 0 Å². The van der Waals surface area contributed by atoms with Gasteiger partial charge in [0.05, 0.1) is 25.9 Å². The Hall–Kier alpha value is -0.480. The number of rotatable bonds is 7. The van der Waals surface area contributed by atoms with Crippen LogP contribution >= 0.6 is 0 Å². The predicted octanol–water partition coefficient (Wildman–Crippen LogP) is -4.99. The number of aliphatic hydroxyl groups is 8. The van der Waals surface area contributed by atoms with E-state index in [1.54, 1.807) is 0 Å². The van der Waals surface area contributed by atoms with Crippen LogP contribution < -0.4 is 0 Å². The minimum atomic E-state index is -1.58. The van der Waals surface area contributed by atoms with Gasteiger partial charge in [-0.25, -0.2) is 0 Å². The Bertz CT molecular complexity index is 449. The second kappa shape index (κ2) is 9.82. The van der Waals surface area contributed by atoms with Gasteiger partial charge in [-0.05, 0) is 6.92 Å². The van der Waals surface area contributed by atoms with Crippen LogP contribution in [0.1, 0.15) is 6.92 Å². The first-order valence-electron chi connectivity index (χ1n) is 8.59.